The predicted octanol–water partition coefficient (Wildman–Crippen LogP) is 0.582. The molecule has 0 fully saturated rings. The van der Waals surface area contributed by atoms with Crippen molar-refractivity contribution in [3.05, 3.63) is 0 Å². The summed E-state index contributed by atoms with van der Waals surface area (Å²) in [5.41, 5.74) is 0. The van der Waals surface area contributed by atoms with E-state index in [-0.39, 0.29) is 6.16 Å². The molecule has 0 aliphatic heterocycles. The normalized spacial score (nSPS) is 11.3. The zero-order valence-electron chi connectivity index (χ0n) is 5.29. The molecule has 0 aromatic rings. The molecular weight excluding hydrogens is 143 g/mol. The Labute approximate surface area is 53.7 Å². The van der Waals surface area contributed by atoms with Gasteiger partial charge in [-0.25, -0.2) is 0 Å². The fourth-order valence-corrected chi connectivity index (χ4v) is 0.848. The lowest BCUT2D eigenvalue weighted by Gasteiger charge is -2.07. The minimum atomic E-state index is -3.10. The molecule has 0 spiro atoms. The molecule has 0 aromatic carbocycles. The Bertz CT molecular complexity index is 125. The third-order valence-corrected chi connectivity index (χ3v) is 2.44. The topological polar surface area (TPSA) is 52.6 Å². The van der Waals surface area contributed by atoms with E-state index >= 15 is 0 Å². The van der Waals surface area contributed by atoms with Crippen LogP contribution in [0, 0.1) is 0 Å². The Kier molecular flexibility index (Phi) is 3.70. The van der Waals surface area contributed by atoms with E-state index in [2.05, 4.69) is 9.05 Å². The van der Waals surface area contributed by atoms with Gasteiger partial charge in [-0.2, -0.15) is 0 Å². The Morgan fingerprint density at radius 3 is 2.00 bits per heavy atom. The Morgan fingerprint density at radius 2 is 1.89 bits per heavy atom. The molecule has 0 saturated carbocycles. The molecule has 0 unspecified atom stereocenters. The maximum Gasteiger partial charge on any atom is 0.338 e. The second-order valence-electron chi connectivity index (χ2n) is 1.28. The summed E-state index contributed by atoms with van der Waals surface area (Å²) in [6.45, 7) is 0. The van der Waals surface area contributed by atoms with Crippen molar-refractivity contribution < 1.29 is 18.4 Å². The quantitative estimate of drug-likeness (QED) is 0.551. The van der Waals surface area contributed by atoms with E-state index in [0.717, 1.165) is 0 Å². The van der Waals surface area contributed by atoms with E-state index < -0.39 is 7.60 Å². The molecule has 1 radical (unpaired) electrons. The first kappa shape index (κ1) is 8.82. The van der Waals surface area contributed by atoms with Gasteiger partial charge in [-0.05, 0) is 0 Å². The highest BCUT2D eigenvalue weighted by atomic mass is 31.2. The summed E-state index contributed by atoms with van der Waals surface area (Å²) in [4.78, 5) is 9.68. The van der Waals surface area contributed by atoms with Crippen LogP contribution in [0.1, 0.15) is 0 Å². The molecule has 4 nitrogen and oxygen atoms in total. The van der Waals surface area contributed by atoms with Crippen molar-refractivity contribution in [3.8, 4) is 0 Å². The van der Waals surface area contributed by atoms with Crippen LogP contribution in [0.3, 0.4) is 0 Å². The van der Waals surface area contributed by atoms with Gasteiger partial charge in [0, 0.05) is 14.2 Å². The standard InChI is InChI=1S/C4H8O4P/c1-7-9(6,8-2)4-3-5/h4H2,1-2H3. The Balaban J connectivity index is 3.93. The van der Waals surface area contributed by atoms with Crippen molar-refractivity contribution in [2.24, 2.45) is 0 Å². The van der Waals surface area contributed by atoms with Crippen LogP contribution < -0.4 is 0 Å². The van der Waals surface area contributed by atoms with Gasteiger partial charge >= 0.3 is 7.60 Å². The van der Waals surface area contributed by atoms with Crippen molar-refractivity contribution in [3.63, 3.8) is 0 Å². The van der Waals surface area contributed by atoms with Gasteiger partial charge in [-0.15, -0.1) is 0 Å². The van der Waals surface area contributed by atoms with Crippen LogP contribution in [0.25, 0.3) is 0 Å². The zero-order chi connectivity index (χ0) is 7.33. The molecule has 5 heteroatoms. The van der Waals surface area contributed by atoms with Crippen molar-refractivity contribution in [2.45, 2.75) is 0 Å². The van der Waals surface area contributed by atoms with Crippen molar-refractivity contribution >= 4 is 13.9 Å². The molecule has 0 aromatic heterocycles. The monoisotopic (exact) mass is 151 g/mol. The maximum atomic E-state index is 10.8. The lowest BCUT2D eigenvalue weighted by molar-refractivity contribution is 0.279. The van der Waals surface area contributed by atoms with E-state index in [1.165, 1.54) is 20.5 Å². The van der Waals surface area contributed by atoms with Crippen LogP contribution >= 0.6 is 7.60 Å². The van der Waals surface area contributed by atoms with Gasteiger partial charge in [0.1, 0.15) is 6.16 Å². The summed E-state index contributed by atoms with van der Waals surface area (Å²) >= 11 is 0. The molecule has 0 aliphatic rings. The van der Waals surface area contributed by atoms with E-state index in [0.29, 0.717) is 0 Å². The molecule has 9 heavy (non-hydrogen) atoms. The number of hydrogen-bond acceptors (Lipinski definition) is 4. The molecule has 0 N–H and O–H groups in total. The summed E-state index contributed by atoms with van der Waals surface area (Å²) < 4.78 is 19.6. The van der Waals surface area contributed by atoms with Crippen LogP contribution in [0.4, 0.5) is 0 Å². The third kappa shape index (κ3) is 2.75. The number of hydrogen-bond donors (Lipinski definition) is 0. The van der Waals surface area contributed by atoms with E-state index in [1.54, 1.807) is 0 Å². The SMILES string of the molecule is COP(=O)(C[C]=O)OC. The lowest BCUT2D eigenvalue weighted by Crippen LogP contribution is -1.94. The zero-order valence-corrected chi connectivity index (χ0v) is 6.18. The molecule has 53 valence electrons. The van der Waals surface area contributed by atoms with Gasteiger partial charge in [0.15, 0.2) is 0 Å². The van der Waals surface area contributed by atoms with Crippen LogP contribution in [0.2, 0.25) is 0 Å². The van der Waals surface area contributed by atoms with Crippen LogP contribution in [-0.2, 0) is 18.4 Å². The third-order valence-electron chi connectivity index (χ3n) is 0.815. The molecule has 0 bridgehead atoms. The second-order valence-corrected chi connectivity index (χ2v) is 3.55. The second kappa shape index (κ2) is 3.77. The predicted molar refractivity (Wildman–Crippen MR) is 32.2 cm³/mol. The minimum absolute atomic E-state index is 0.306. The smallest absolute Gasteiger partial charge is 0.312 e. The maximum absolute atomic E-state index is 10.8. The highest BCUT2D eigenvalue weighted by Crippen LogP contribution is 2.44. The first-order valence-electron chi connectivity index (χ1n) is 2.24. The van der Waals surface area contributed by atoms with Crippen molar-refractivity contribution in [2.75, 3.05) is 20.4 Å². The Morgan fingerprint density at radius 1 is 1.44 bits per heavy atom. The van der Waals surface area contributed by atoms with Gasteiger partial charge in [0.05, 0.1) is 0 Å². The average Bonchev–Trinajstić information content (AvgIpc) is 1.89. The van der Waals surface area contributed by atoms with Crippen LogP contribution in [0.15, 0.2) is 0 Å². The summed E-state index contributed by atoms with van der Waals surface area (Å²) in [6, 6.07) is 0. The van der Waals surface area contributed by atoms with Gasteiger partial charge in [0.25, 0.3) is 0 Å². The molecular formula is C4H8O4P. The Hall–Kier alpha value is -0.180. The van der Waals surface area contributed by atoms with Gasteiger partial charge in [-0.1, -0.05) is 0 Å². The molecule has 0 heterocycles. The summed E-state index contributed by atoms with van der Waals surface area (Å²) in [5, 5.41) is 0. The first-order chi connectivity index (χ1) is 4.18. The van der Waals surface area contributed by atoms with Gasteiger partial charge in [-0.3, -0.25) is 9.36 Å². The highest BCUT2D eigenvalue weighted by Gasteiger charge is 2.19. The van der Waals surface area contributed by atoms with Crippen LogP contribution in [-0.4, -0.2) is 26.7 Å². The van der Waals surface area contributed by atoms with E-state index in [9.17, 15) is 9.36 Å². The molecule has 0 atom stereocenters. The van der Waals surface area contributed by atoms with E-state index in [1.807, 2.05) is 0 Å². The van der Waals surface area contributed by atoms with Crippen molar-refractivity contribution in [1.82, 2.24) is 0 Å². The summed E-state index contributed by atoms with van der Waals surface area (Å²) in [5.74, 6) is 0. The van der Waals surface area contributed by atoms with E-state index in [4.69, 9.17) is 0 Å². The summed E-state index contributed by atoms with van der Waals surface area (Å²) in [7, 11) is -0.657. The number of rotatable bonds is 4. The fraction of sp³-hybridized carbons (Fsp3) is 0.750. The van der Waals surface area contributed by atoms with Gasteiger partial charge < -0.3 is 9.05 Å². The lowest BCUT2D eigenvalue weighted by atomic mass is 10.9. The molecule has 0 amide bonds. The minimum Gasteiger partial charge on any atom is -0.312 e. The fourth-order valence-electron chi connectivity index (χ4n) is 0.283. The highest BCUT2D eigenvalue weighted by molar-refractivity contribution is 7.54. The molecule has 0 aliphatic carbocycles. The van der Waals surface area contributed by atoms with Crippen molar-refractivity contribution in [1.29, 1.82) is 0 Å². The van der Waals surface area contributed by atoms with Gasteiger partial charge in [0.2, 0.25) is 6.29 Å². The number of carbonyl (C=O) groups excluding carboxylic acids is 1. The largest absolute Gasteiger partial charge is 0.338 e. The molecule has 0 saturated heterocycles. The first-order valence-corrected chi connectivity index (χ1v) is 3.97. The van der Waals surface area contributed by atoms with Crippen LogP contribution in [0.5, 0.6) is 0 Å². The average molecular weight is 151 g/mol. The molecule has 0 rings (SSSR count). The summed E-state index contributed by atoms with van der Waals surface area (Å²) in [6.07, 6.45) is 1.14.